The Morgan fingerprint density at radius 2 is 2.12 bits per heavy atom. The highest BCUT2D eigenvalue weighted by Crippen LogP contribution is 2.39. The van der Waals surface area contributed by atoms with Crippen LogP contribution in [0.4, 0.5) is 5.00 Å². The highest BCUT2D eigenvalue weighted by molar-refractivity contribution is 7.17. The molecule has 0 unspecified atom stereocenters. The largest absolute Gasteiger partial charge is 0.483 e. The molecule has 3 N–H and O–H groups in total. The molecule has 1 atom stereocenters. The molecular formula is C19H22N2O3S. The maximum Gasteiger partial charge on any atom is 0.262 e. The zero-order chi connectivity index (χ0) is 18.0. The molecule has 0 fully saturated rings. The second-order valence-electron chi connectivity index (χ2n) is 6.52. The number of nitrogens with one attached hydrogen (secondary N) is 1. The molecule has 3 rings (SSSR count). The van der Waals surface area contributed by atoms with Crippen LogP contribution in [0.5, 0.6) is 5.75 Å². The van der Waals surface area contributed by atoms with Gasteiger partial charge in [-0.3, -0.25) is 9.59 Å². The van der Waals surface area contributed by atoms with Crippen LogP contribution >= 0.6 is 11.3 Å². The van der Waals surface area contributed by atoms with Gasteiger partial charge in [0.25, 0.3) is 11.8 Å². The lowest BCUT2D eigenvalue weighted by atomic mass is 9.88. The number of hydrogen-bond donors (Lipinski definition) is 2. The molecule has 0 bridgehead atoms. The molecule has 0 spiro atoms. The van der Waals surface area contributed by atoms with Crippen LogP contribution in [0, 0.1) is 12.8 Å². The Labute approximate surface area is 151 Å². The van der Waals surface area contributed by atoms with Gasteiger partial charge in [-0.15, -0.1) is 11.3 Å². The molecule has 5 nitrogen and oxygen atoms in total. The number of nitrogens with two attached hydrogens (primary N) is 1. The summed E-state index contributed by atoms with van der Waals surface area (Å²) in [4.78, 5) is 25.3. The van der Waals surface area contributed by atoms with Gasteiger partial charge in [0, 0.05) is 4.88 Å². The Balaban J connectivity index is 1.73. The Morgan fingerprint density at radius 3 is 2.84 bits per heavy atom. The minimum Gasteiger partial charge on any atom is -0.483 e. The molecule has 1 aliphatic carbocycles. The van der Waals surface area contributed by atoms with Crippen LogP contribution < -0.4 is 15.8 Å². The van der Waals surface area contributed by atoms with E-state index in [1.807, 2.05) is 31.2 Å². The van der Waals surface area contributed by atoms with Crippen molar-refractivity contribution in [2.24, 2.45) is 11.7 Å². The lowest BCUT2D eigenvalue weighted by Gasteiger charge is -2.18. The van der Waals surface area contributed by atoms with Crippen molar-refractivity contribution in [3.8, 4) is 5.75 Å². The third kappa shape index (κ3) is 3.85. The van der Waals surface area contributed by atoms with Gasteiger partial charge in [0.05, 0.1) is 5.56 Å². The monoisotopic (exact) mass is 358 g/mol. The summed E-state index contributed by atoms with van der Waals surface area (Å²) < 4.78 is 5.57. The molecule has 1 aliphatic rings. The van der Waals surface area contributed by atoms with E-state index in [1.54, 1.807) is 0 Å². The Morgan fingerprint density at radius 1 is 1.36 bits per heavy atom. The number of thiophene rings is 1. The van der Waals surface area contributed by atoms with Gasteiger partial charge in [0.2, 0.25) is 0 Å². The molecule has 2 amide bonds. The molecule has 132 valence electrons. The first kappa shape index (κ1) is 17.5. The second kappa shape index (κ2) is 7.27. The van der Waals surface area contributed by atoms with E-state index in [-0.39, 0.29) is 12.5 Å². The van der Waals surface area contributed by atoms with E-state index in [0.717, 1.165) is 35.3 Å². The first-order valence-electron chi connectivity index (χ1n) is 8.38. The van der Waals surface area contributed by atoms with Crippen molar-refractivity contribution in [3.05, 3.63) is 45.8 Å². The molecule has 0 saturated carbocycles. The van der Waals surface area contributed by atoms with E-state index >= 15 is 0 Å². The highest BCUT2D eigenvalue weighted by atomic mass is 32.1. The Hall–Kier alpha value is -2.34. The van der Waals surface area contributed by atoms with Gasteiger partial charge in [-0.05, 0) is 49.3 Å². The molecule has 2 aromatic rings. The summed E-state index contributed by atoms with van der Waals surface area (Å²) in [6.45, 7) is 4.01. The van der Waals surface area contributed by atoms with Crippen LogP contribution in [0.3, 0.4) is 0 Å². The zero-order valence-corrected chi connectivity index (χ0v) is 15.2. The quantitative estimate of drug-likeness (QED) is 0.860. The number of amides is 2. The molecule has 0 aliphatic heterocycles. The number of ether oxygens (including phenoxy) is 1. The van der Waals surface area contributed by atoms with Gasteiger partial charge >= 0.3 is 0 Å². The number of para-hydroxylation sites is 1. The number of hydrogen-bond acceptors (Lipinski definition) is 4. The number of carbonyl (C=O) groups is 2. The van der Waals surface area contributed by atoms with Crippen LogP contribution in [0.25, 0.3) is 0 Å². The number of benzene rings is 1. The molecule has 25 heavy (non-hydrogen) atoms. The predicted molar refractivity (Wildman–Crippen MR) is 99.3 cm³/mol. The van der Waals surface area contributed by atoms with Crippen LogP contribution in [-0.2, 0) is 17.6 Å². The van der Waals surface area contributed by atoms with E-state index in [0.29, 0.717) is 22.2 Å². The summed E-state index contributed by atoms with van der Waals surface area (Å²) in [5.74, 6) is 0.478. The van der Waals surface area contributed by atoms with E-state index in [2.05, 4.69) is 12.2 Å². The van der Waals surface area contributed by atoms with Gasteiger partial charge in [-0.25, -0.2) is 0 Å². The summed E-state index contributed by atoms with van der Waals surface area (Å²) in [5, 5.41) is 3.35. The summed E-state index contributed by atoms with van der Waals surface area (Å²) in [6, 6.07) is 7.52. The highest BCUT2D eigenvalue weighted by Gasteiger charge is 2.27. The van der Waals surface area contributed by atoms with Gasteiger partial charge in [-0.2, -0.15) is 0 Å². The van der Waals surface area contributed by atoms with Crippen molar-refractivity contribution < 1.29 is 14.3 Å². The second-order valence-corrected chi connectivity index (χ2v) is 7.63. The first-order valence-corrected chi connectivity index (χ1v) is 9.20. The van der Waals surface area contributed by atoms with Crippen LogP contribution in [0.15, 0.2) is 24.3 Å². The Kier molecular flexibility index (Phi) is 5.08. The summed E-state index contributed by atoms with van der Waals surface area (Å²) in [7, 11) is 0. The van der Waals surface area contributed by atoms with Gasteiger partial charge in [0.15, 0.2) is 6.61 Å². The van der Waals surface area contributed by atoms with Crippen molar-refractivity contribution in [2.75, 3.05) is 11.9 Å². The lowest BCUT2D eigenvalue weighted by molar-refractivity contribution is -0.118. The molecule has 0 radical (unpaired) electrons. The van der Waals surface area contributed by atoms with Crippen molar-refractivity contribution in [1.82, 2.24) is 0 Å². The molecular weight excluding hydrogens is 336 g/mol. The van der Waals surface area contributed by atoms with Gasteiger partial charge in [-0.1, -0.05) is 25.1 Å². The molecule has 1 aromatic carbocycles. The average Bonchev–Trinajstić information content (AvgIpc) is 2.91. The number of carbonyl (C=O) groups excluding carboxylic acids is 2. The first-order chi connectivity index (χ1) is 12.0. The normalized spacial score (nSPS) is 16.2. The minimum atomic E-state index is -0.484. The van der Waals surface area contributed by atoms with E-state index in [4.69, 9.17) is 10.5 Å². The van der Waals surface area contributed by atoms with Crippen molar-refractivity contribution >= 4 is 28.2 Å². The summed E-state index contributed by atoms with van der Waals surface area (Å²) in [5.41, 5.74) is 8.00. The van der Waals surface area contributed by atoms with Gasteiger partial charge < -0.3 is 15.8 Å². The number of fused-ring (bicyclic) bond motifs is 1. The van der Waals surface area contributed by atoms with Crippen LogP contribution in [0.1, 0.15) is 39.7 Å². The maximum atomic E-state index is 12.3. The fraction of sp³-hybridized carbons (Fsp3) is 0.368. The number of primary amides is 1. The maximum absolute atomic E-state index is 12.3. The predicted octanol–water partition coefficient (Wildman–Crippen LogP) is 3.30. The third-order valence-electron chi connectivity index (χ3n) is 4.46. The van der Waals surface area contributed by atoms with Gasteiger partial charge in [0.1, 0.15) is 10.8 Å². The van der Waals surface area contributed by atoms with E-state index < -0.39 is 5.91 Å². The number of rotatable bonds is 5. The number of anilines is 1. The van der Waals surface area contributed by atoms with E-state index in [1.165, 1.54) is 11.3 Å². The zero-order valence-electron chi connectivity index (χ0n) is 14.4. The average molecular weight is 358 g/mol. The number of aryl methyl sites for hydroxylation is 1. The van der Waals surface area contributed by atoms with Crippen LogP contribution in [-0.4, -0.2) is 18.4 Å². The summed E-state index contributed by atoms with van der Waals surface area (Å²) >= 11 is 1.46. The molecule has 1 heterocycles. The van der Waals surface area contributed by atoms with Crippen molar-refractivity contribution in [2.45, 2.75) is 33.1 Å². The fourth-order valence-corrected chi connectivity index (χ4v) is 4.56. The SMILES string of the molecule is Cc1ccccc1OCC(=O)Nc1sc2c(c1C(N)=O)CC[C@@H](C)C2. The molecule has 0 saturated heterocycles. The Bertz CT molecular complexity index is 813. The lowest BCUT2D eigenvalue weighted by Crippen LogP contribution is -2.23. The molecule has 1 aromatic heterocycles. The fourth-order valence-electron chi connectivity index (χ4n) is 3.12. The van der Waals surface area contributed by atoms with Crippen LogP contribution in [0.2, 0.25) is 0 Å². The standard InChI is InChI=1S/C19H22N2O3S/c1-11-7-8-13-15(9-11)25-19(17(13)18(20)23)21-16(22)10-24-14-6-4-3-5-12(14)2/h3-6,11H,7-10H2,1-2H3,(H2,20,23)(H,21,22)/t11-/m1/s1. The topological polar surface area (TPSA) is 81.4 Å². The minimum absolute atomic E-state index is 0.109. The third-order valence-corrected chi connectivity index (χ3v) is 5.63. The van der Waals surface area contributed by atoms with Crippen molar-refractivity contribution in [1.29, 1.82) is 0 Å². The smallest absolute Gasteiger partial charge is 0.262 e. The summed E-state index contributed by atoms with van der Waals surface area (Å²) in [6.07, 6.45) is 2.80. The van der Waals surface area contributed by atoms with E-state index in [9.17, 15) is 9.59 Å². The van der Waals surface area contributed by atoms with Crippen molar-refractivity contribution in [3.63, 3.8) is 0 Å². The molecule has 6 heteroatoms.